The minimum atomic E-state index is 1.22. The zero-order valence-corrected chi connectivity index (χ0v) is 17.0. The van der Waals surface area contributed by atoms with Crippen LogP contribution in [0.1, 0.15) is 0 Å². The van der Waals surface area contributed by atoms with E-state index in [0.29, 0.717) is 0 Å². The van der Waals surface area contributed by atoms with Gasteiger partial charge in [-0.05, 0) is 45.8 Å². The number of hydrogen-bond acceptors (Lipinski definition) is 1. The lowest BCUT2D eigenvalue weighted by atomic mass is 10.1. The highest BCUT2D eigenvalue weighted by Crippen LogP contribution is 2.44. The average Bonchev–Trinajstić information content (AvgIpc) is 3.33. The number of rotatable bonds is 1. The van der Waals surface area contributed by atoms with Crippen LogP contribution in [0.3, 0.4) is 0 Å². The van der Waals surface area contributed by atoms with Gasteiger partial charge in [0.1, 0.15) is 0 Å². The molecule has 0 aliphatic carbocycles. The van der Waals surface area contributed by atoms with Gasteiger partial charge in [0, 0.05) is 21.2 Å². The van der Waals surface area contributed by atoms with Gasteiger partial charge in [-0.2, -0.15) is 0 Å². The van der Waals surface area contributed by atoms with Gasteiger partial charge in [-0.15, -0.1) is 11.3 Å². The normalized spacial score (nSPS) is 12.0. The first-order valence-corrected chi connectivity index (χ1v) is 11.0. The van der Waals surface area contributed by atoms with Gasteiger partial charge in [-0.1, -0.05) is 78.9 Å². The maximum Gasteiger partial charge on any atom is 0.0727 e. The lowest BCUT2D eigenvalue weighted by molar-refractivity contribution is 1.19. The molecule has 7 aromatic rings. The Morgan fingerprint density at radius 1 is 0.567 bits per heavy atom. The first-order valence-electron chi connectivity index (χ1n) is 10.2. The number of aromatic nitrogens is 1. The molecule has 2 heterocycles. The van der Waals surface area contributed by atoms with Gasteiger partial charge in [0.25, 0.3) is 0 Å². The molecule has 0 atom stereocenters. The topological polar surface area (TPSA) is 4.93 Å². The largest absolute Gasteiger partial charge is 0.308 e. The van der Waals surface area contributed by atoms with Gasteiger partial charge in [-0.3, -0.25) is 0 Å². The van der Waals surface area contributed by atoms with Crippen molar-refractivity contribution in [3.05, 3.63) is 103 Å². The molecular formula is C28H17NS. The molecule has 0 saturated heterocycles. The molecule has 0 unspecified atom stereocenters. The maximum atomic E-state index is 2.46. The van der Waals surface area contributed by atoms with Crippen molar-refractivity contribution in [1.82, 2.24) is 4.57 Å². The van der Waals surface area contributed by atoms with Crippen molar-refractivity contribution in [2.45, 2.75) is 0 Å². The third kappa shape index (κ3) is 2.11. The molecule has 0 radical (unpaired) electrons. The highest BCUT2D eigenvalue weighted by Gasteiger charge is 2.19. The molecule has 7 rings (SSSR count). The molecule has 0 saturated carbocycles. The third-order valence-corrected chi connectivity index (χ3v) is 7.34. The number of nitrogens with zero attached hydrogens (tertiary/aromatic N) is 1. The second-order valence-corrected chi connectivity index (χ2v) is 8.88. The predicted molar refractivity (Wildman–Crippen MR) is 131 cm³/mol. The highest BCUT2D eigenvalue weighted by atomic mass is 32.1. The van der Waals surface area contributed by atoms with Crippen LogP contribution in [0.4, 0.5) is 0 Å². The van der Waals surface area contributed by atoms with E-state index in [9.17, 15) is 0 Å². The van der Waals surface area contributed by atoms with Crippen LogP contribution in [0.5, 0.6) is 0 Å². The van der Waals surface area contributed by atoms with E-state index in [4.69, 9.17) is 0 Å². The van der Waals surface area contributed by atoms with Crippen molar-refractivity contribution < 1.29 is 0 Å². The van der Waals surface area contributed by atoms with E-state index in [1.165, 1.54) is 58.4 Å². The Morgan fingerprint density at radius 2 is 1.27 bits per heavy atom. The Bertz CT molecular complexity index is 1750. The molecule has 30 heavy (non-hydrogen) atoms. The van der Waals surface area contributed by atoms with Crippen LogP contribution >= 0.6 is 11.3 Å². The first kappa shape index (κ1) is 16.2. The van der Waals surface area contributed by atoms with Crippen molar-refractivity contribution in [2.24, 2.45) is 0 Å². The Kier molecular flexibility index (Phi) is 3.21. The van der Waals surface area contributed by atoms with Crippen LogP contribution in [0.2, 0.25) is 0 Å². The third-order valence-electron chi connectivity index (χ3n) is 6.16. The molecule has 0 aliphatic heterocycles. The van der Waals surface area contributed by atoms with Crippen molar-refractivity contribution in [2.75, 3.05) is 0 Å². The smallest absolute Gasteiger partial charge is 0.0727 e. The van der Waals surface area contributed by atoms with Crippen molar-refractivity contribution in [3.8, 4) is 5.69 Å². The fourth-order valence-electron chi connectivity index (χ4n) is 4.81. The summed E-state index contributed by atoms with van der Waals surface area (Å²) >= 11 is 1.90. The first-order chi connectivity index (χ1) is 14.9. The summed E-state index contributed by atoms with van der Waals surface area (Å²) in [6.07, 6.45) is 0. The average molecular weight is 400 g/mol. The van der Waals surface area contributed by atoms with E-state index in [1.54, 1.807) is 0 Å². The number of fused-ring (bicyclic) bond motifs is 8. The zero-order valence-electron chi connectivity index (χ0n) is 16.2. The summed E-state index contributed by atoms with van der Waals surface area (Å²) in [5, 5.41) is 7.84. The molecule has 2 aromatic heterocycles. The molecule has 0 aliphatic rings. The van der Waals surface area contributed by atoms with Gasteiger partial charge in [0.05, 0.1) is 15.7 Å². The fraction of sp³-hybridized carbons (Fsp3) is 0. The summed E-state index contributed by atoms with van der Waals surface area (Å²) < 4.78 is 5.17. The molecule has 1 nitrogen and oxygen atoms in total. The van der Waals surface area contributed by atoms with Gasteiger partial charge >= 0.3 is 0 Å². The summed E-state index contributed by atoms with van der Waals surface area (Å²) in [6.45, 7) is 0. The number of hydrogen-bond donors (Lipinski definition) is 0. The summed E-state index contributed by atoms with van der Waals surface area (Å²) in [4.78, 5) is 0. The molecule has 0 spiro atoms. The fourth-order valence-corrected chi connectivity index (χ4v) is 6.07. The molecule has 0 amide bonds. The van der Waals surface area contributed by atoms with E-state index < -0.39 is 0 Å². The van der Waals surface area contributed by atoms with Crippen molar-refractivity contribution >= 4 is 64.1 Å². The minimum Gasteiger partial charge on any atom is -0.308 e. The lowest BCUT2D eigenvalue weighted by Crippen LogP contribution is -1.93. The highest BCUT2D eigenvalue weighted by molar-refractivity contribution is 7.26. The monoisotopic (exact) mass is 399 g/mol. The van der Waals surface area contributed by atoms with Gasteiger partial charge in [0.15, 0.2) is 0 Å². The Labute approximate surface area is 177 Å². The Balaban J connectivity index is 1.73. The van der Waals surface area contributed by atoms with Gasteiger partial charge < -0.3 is 4.57 Å². The van der Waals surface area contributed by atoms with Crippen LogP contribution in [-0.2, 0) is 0 Å². The molecule has 140 valence electrons. The number of thiophene rings is 1. The van der Waals surface area contributed by atoms with Crippen LogP contribution < -0.4 is 0 Å². The van der Waals surface area contributed by atoms with Crippen LogP contribution in [0.25, 0.3) is 58.4 Å². The minimum absolute atomic E-state index is 1.22. The molecule has 2 heteroatoms. The Morgan fingerprint density at radius 3 is 2.17 bits per heavy atom. The SMILES string of the molecule is c1ccc2cc(-n3c4ccc5ccccc5c4c4sc5ccccc5c43)ccc2c1. The number of benzene rings is 5. The van der Waals surface area contributed by atoms with E-state index in [0.717, 1.165) is 0 Å². The molecule has 0 N–H and O–H groups in total. The standard InChI is InChI=1S/C28H17NS/c1-2-9-20-17-21(15-13-18(20)7-1)29-24-16-14-19-8-3-4-10-22(19)26(24)28-27(29)23-11-5-6-12-25(23)30-28/h1-17H. The van der Waals surface area contributed by atoms with Gasteiger partial charge in [0.2, 0.25) is 0 Å². The Hall–Kier alpha value is -3.62. The zero-order chi connectivity index (χ0) is 19.7. The molecule has 5 aromatic carbocycles. The summed E-state index contributed by atoms with van der Waals surface area (Å²) in [7, 11) is 0. The lowest BCUT2D eigenvalue weighted by Gasteiger charge is -2.10. The molecule has 0 bridgehead atoms. The molecular weight excluding hydrogens is 382 g/mol. The second-order valence-electron chi connectivity index (χ2n) is 7.82. The summed E-state index contributed by atoms with van der Waals surface area (Å²) in [6, 6.07) is 37.4. The van der Waals surface area contributed by atoms with Crippen molar-refractivity contribution in [1.29, 1.82) is 0 Å². The van der Waals surface area contributed by atoms with E-state index in [-0.39, 0.29) is 0 Å². The van der Waals surface area contributed by atoms with Crippen LogP contribution in [0.15, 0.2) is 103 Å². The van der Waals surface area contributed by atoms with E-state index in [2.05, 4.69) is 108 Å². The summed E-state index contributed by atoms with van der Waals surface area (Å²) in [5.41, 5.74) is 3.81. The van der Waals surface area contributed by atoms with E-state index in [1.807, 2.05) is 11.3 Å². The maximum absolute atomic E-state index is 2.46. The summed E-state index contributed by atoms with van der Waals surface area (Å²) in [5.74, 6) is 0. The quantitative estimate of drug-likeness (QED) is 0.262. The van der Waals surface area contributed by atoms with E-state index >= 15 is 0 Å². The van der Waals surface area contributed by atoms with Crippen LogP contribution in [-0.4, -0.2) is 4.57 Å². The predicted octanol–water partition coefficient (Wildman–Crippen LogP) is 8.30. The van der Waals surface area contributed by atoms with Crippen LogP contribution in [0, 0.1) is 0 Å². The van der Waals surface area contributed by atoms with Crippen molar-refractivity contribution in [3.63, 3.8) is 0 Å². The second kappa shape index (κ2) is 5.94. The molecule has 0 fully saturated rings. The van der Waals surface area contributed by atoms with Gasteiger partial charge in [-0.25, -0.2) is 0 Å².